The van der Waals surface area contributed by atoms with Gasteiger partial charge in [0.25, 0.3) is 0 Å². The second-order valence-corrected chi connectivity index (χ2v) is 14.0. The topological polar surface area (TPSA) is 65.1 Å². The zero-order chi connectivity index (χ0) is 21.8. The van der Waals surface area contributed by atoms with Crippen LogP contribution in [0.4, 0.5) is 0 Å². The van der Waals surface area contributed by atoms with Crippen molar-refractivity contribution in [3.8, 4) is 5.75 Å². The van der Waals surface area contributed by atoms with Crippen LogP contribution in [0.3, 0.4) is 0 Å². The minimum absolute atomic E-state index is 0.0552. The van der Waals surface area contributed by atoms with E-state index in [4.69, 9.17) is 13.9 Å². The summed E-state index contributed by atoms with van der Waals surface area (Å²) in [7, 11) is -0.393. The zero-order valence-corrected chi connectivity index (χ0v) is 19.8. The van der Waals surface area contributed by atoms with Gasteiger partial charge in [-0.05, 0) is 42.2 Å². The van der Waals surface area contributed by atoms with E-state index in [1.165, 1.54) is 6.92 Å². The number of hydrogen-bond donors (Lipinski definition) is 0. The Labute approximate surface area is 175 Å². The van der Waals surface area contributed by atoms with Crippen molar-refractivity contribution < 1.29 is 23.5 Å². The Morgan fingerprint density at radius 3 is 2.34 bits per heavy atom. The van der Waals surface area contributed by atoms with Crippen molar-refractivity contribution in [2.45, 2.75) is 77.4 Å². The third-order valence-electron chi connectivity index (χ3n) is 5.96. The molecule has 0 aliphatic carbocycles. The quantitative estimate of drug-likeness (QED) is 0.341. The minimum Gasteiger partial charge on any atom is -0.497 e. The number of carbonyl (C=O) groups excluding carboxylic acids is 2. The molecule has 0 N–H and O–H groups in total. The highest BCUT2D eigenvalue weighted by atomic mass is 28.4. The van der Waals surface area contributed by atoms with E-state index < -0.39 is 8.32 Å². The Bertz CT molecular complexity index is 711. The highest BCUT2D eigenvalue weighted by Crippen LogP contribution is 2.38. The van der Waals surface area contributed by atoms with Gasteiger partial charge in [0.2, 0.25) is 5.91 Å². The van der Waals surface area contributed by atoms with Gasteiger partial charge in [0.05, 0.1) is 13.2 Å². The monoisotopic (exact) mass is 421 g/mol. The van der Waals surface area contributed by atoms with E-state index >= 15 is 0 Å². The number of carbonyl (C=O) groups is 2. The first-order chi connectivity index (χ1) is 13.4. The number of hydrogen-bond acceptors (Lipinski definition) is 5. The van der Waals surface area contributed by atoms with Crippen molar-refractivity contribution >= 4 is 20.2 Å². The van der Waals surface area contributed by atoms with Gasteiger partial charge in [0.1, 0.15) is 12.4 Å². The molecule has 1 aromatic rings. The van der Waals surface area contributed by atoms with Gasteiger partial charge >= 0.3 is 5.97 Å². The fraction of sp³-hybridized carbons (Fsp3) is 0.636. The molecule has 1 saturated heterocycles. The molecule has 0 spiro atoms. The van der Waals surface area contributed by atoms with Gasteiger partial charge in [-0.1, -0.05) is 32.9 Å². The lowest BCUT2D eigenvalue weighted by molar-refractivity contribution is -0.151. The zero-order valence-electron chi connectivity index (χ0n) is 18.8. The van der Waals surface area contributed by atoms with Crippen molar-refractivity contribution in [2.75, 3.05) is 13.7 Å². The molecule has 1 aliphatic heterocycles. The molecule has 0 radical (unpaired) electrons. The first-order valence-corrected chi connectivity index (χ1v) is 13.1. The summed E-state index contributed by atoms with van der Waals surface area (Å²) in [4.78, 5) is 25.5. The van der Waals surface area contributed by atoms with E-state index in [0.29, 0.717) is 19.4 Å². The van der Waals surface area contributed by atoms with Crippen molar-refractivity contribution in [1.82, 2.24) is 4.90 Å². The molecule has 0 bridgehead atoms. The molecular weight excluding hydrogens is 386 g/mol. The number of nitrogens with zero attached hydrogens (tertiary/aromatic N) is 1. The largest absolute Gasteiger partial charge is 0.497 e. The van der Waals surface area contributed by atoms with Gasteiger partial charge < -0.3 is 18.8 Å². The van der Waals surface area contributed by atoms with Crippen LogP contribution in [0.1, 0.15) is 46.1 Å². The van der Waals surface area contributed by atoms with E-state index in [-0.39, 0.29) is 35.7 Å². The molecule has 0 unspecified atom stereocenters. The van der Waals surface area contributed by atoms with E-state index in [2.05, 4.69) is 33.9 Å². The van der Waals surface area contributed by atoms with Gasteiger partial charge in [-0.25, -0.2) is 0 Å². The van der Waals surface area contributed by atoms with Crippen LogP contribution in [0, 0.1) is 0 Å². The molecule has 1 amide bonds. The molecule has 7 heteroatoms. The number of rotatable bonds is 9. The number of likely N-dealkylation sites (tertiary alicyclic amines) is 1. The summed E-state index contributed by atoms with van der Waals surface area (Å²) in [5, 5.41) is 0.0552. The summed E-state index contributed by atoms with van der Waals surface area (Å²) in [5.41, 5.74) is 1.06. The molecule has 1 aliphatic rings. The predicted octanol–water partition coefficient (Wildman–Crippen LogP) is 4.14. The summed E-state index contributed by atoms with van der Waals surface area (Å²) < 4.78 is 17.0. The molecular formula is C22H35NO5Si. The van der Waals surface area contributed by atoms with Crippen molar-refractivity contribution in [3.63, 3.8) is 0 Å². The van der Waals surface area contributed by atoms with E-state index in [0.717, 1.165) is 11.3 Å². The number of amides is 1. The van der Waals surface area contributed by atoms with Gasteiger partial charge in [0.15, 0.2) is 8.32 Å². The summed E-state index contributed by atoms with van der Waals surface area (Å²) in [5.74, 6) is 0.627. The smallest absolute Gasteiger partial charge is 0.302 e. The number of ether oxygens (including phenoxy) is 2. The van der Waals surface area contributed by atoms with Gasteiger partial charge in [-0.2, -0.15) is 0 Å². The first kappa shape index (κ1) is 23.4. The molecule has 2 rings (SSSR count). The summed E-state index contributed by atoms with van der Waals surface area (Å²) >= 11 is 0. The van der Waals surface area contributed by atoms with Crippen LogP contribution >= 0.6 is 0 Å². The highest BCUT2D eigenvalue weighted by molar-refractivity contribution is 6.74. The average molecular weight is 422 g/mol. The number of β-lactam (4-membered cyclic amide) rings is 1. The molecule has 6 nitrogen and oxygen atoms in total. The van der Waals surface area contributed by atoms with Crippen LogP contribution in [0.15, 0.2) is 24.3 Å². The SMILES string of the molecule is COc1ccc(CN2C(=O)C[C@H]2C[C@@H](COC(C)=O)O[Si](C)(C)C(C)(C)C)cc1. The molecule has 0 aromatic heterocycles. The van der Waals surface area contributed by atoms with Gasteiger partial charge in [-0.3, -0.25) is 9.59 Å². The van der Waals surface area contributed by atoms with Crippen molar-refractivity contribution in [3.05, 3.63) is 29.8 Å². The van der Waals surface area contributed by atoms with Gasteiger partial charge in [-0.15, -0.1) is 0 Å². The third kappa shape index (κ3) is 6.31. The molecule has 1 fully saturated rings. The van der Waals surface area contributed by atoms with E-state index in [1.807, 2.05) is 29.2 Å². The lowest BCUT2D eigenvalue weighted by atomic mass is 9.95. The van der Waals surface area contributed by atoms with Crippen LogP contribution in [-0.2, 0) is 25.3 Å². The second-order valence-electron chi connectivity index (χ2n) is 9.27. The molecule has 2 atom stereocenters. The maximum absolute atomic E-state index is 12.2. The number of esters is 1. The summed E-state index contributed by atoms with van der Waals surface area (Å²) in [6.45, 7) is 13.1. The first-order valence-electron chi connectivity index (χ1n) is 10.2. The average Bonchev–Trinajstić information content (AvgIpc) is 2.63. The Morgan fingerprint density at radius 1 is 1.24 bits per heavy atom. The lowest BCUT2D eigenvalue weighted by Gasteiger charge is -2.44. The number of benzene rings is 1. The normalized spacial score (nSPS) is 18.2. The van der Waals surface area contributed by atoms with Crippen molar-refractivity contribution in [1.29, 1.82) is 0 Å². The fourth-order valence-corrected chi connectivity index (χ4v) is 4.48. The maximum atomic E-state index is 12.2. The van der Waals surface area contributed by atoms with E-state index in [1.54, 1.807) is 7.11 Å². The Balaban J connectivity index is 2.05. The standard InChI is InChI=1S/C22H35NO5Si/c1-16(24)27-15-20(28-29(6,7)22(2,3)4)12-18-13-21(25)23(18)14-17-8-10-19(26-5)11-9-17/h8-11,18,20H,12-15H2,1-7H3/t18-,20+/m1/s1. The second kappa shape index (κ2) is 9.30. The third-order valence-corrected chi connectivity index (χ3v) is 10.5. The fourth-order valence-electron chi connectivity index (χ4n) is 3.13. The molecule has 162 valence electrons. The predicted molar refractivity (Wildman–Crippen MR) is 115 cm³/mol. The Hall–Kier alpha value is -1.86. The summed E-state index contributed by atoms with van der Waals surface area (Å²) in [6, 6.07) is 7.85. The maximum Gasteiger partial charge on any atom is 0.302 e. The number of methoxy groups -OCH3 is 1. The molecule has 1 heterocycles. The van der Waals surface area contributed by atoms with Crippen molar-refractivity contribution in [2.24, 2.45) is 0 Å². The van der Waals surface area contributed by atoms with Crippen LogP contribution in [-0.4, -0.2) is 51.0 Å². The van der Waals surface area contributed by atoms with Crippen LogP contribution in [0.5, 0.6) is 5.75 Å². The molecule has 1 aromatic carbocycles. The summed E-state index contributed by atoms with van der Waals surface area (Å²) in [6.07, 6.45) is 0.964. The molecule has 0 saturated carbocycles. The molecule has 29 heavy (non-hydrogen) atoms. The van der Waals surface area contributed by atoms with E-state index in [9.17, 15) is 9.59 Å². The minimum atomic E-state index is -2.03. The van der Waals surface area contributed by atoms with Crippen LogP contribution in [0.2, 0.25) is 18.1 Å². The Morgan fingerprint density at radius 2 is 1.86 bits per heavy atom. The van der Waals surface area contributed by atoms with Crippen LogP contribution in [0.25, 0.3) is 0 Å². The van der Waals surface area contributed by atoms with Crippen LogP contribution < -0.4 is 4.74 Å². The highest BCUT2D eigenvalue weighted by Gasteiger charge is 2.42. The van der Waals surface area contributed by atoms with Gasteiger partial charge in [0, 0.05) is 25.9 Å². The Kier molecular flexibility index (Phi) is 7.51. The lowest BCUT2D eigenvalue weighted by Crippen LogP contribution is -2.55.